The molecule has 0 saturated heterocycles. The number of hydrogen-bond donors (Lipinski definition) is 5. The number of para-hydroxylation sites is 1. The Hall–Kier alpha value is -6.19. The zero-order valence-electron chi connectivity index (χ0n) is 29.7. The van der Waals surface area contributed by atoms with Crippen molar-refractivity contribution >= 4 is 57.4 Å². The van der Waals surface area contributed by atoms with Gasteiger partial charge in [0.1, 0.15) is 33.9 Å². The van der Waals surface area contributed by atoms with Crippen LogP contribution in [0.1, 0.15) is 66.6 Å². The summed E-state index contributed by atoms with van der Waals surface area (Å²) >= 11 is 0. The number of ether oxygens (including phenoxy) is 2. The van der Waals surface area contributed by atoms with Crippen LogP contribution in [0.5, 0.6) is 11.5 Å². The quantitative estimate of drug-likeness (QED) is 0.109. The van der Waals surface area contributed by atoms with Crippen LogP contribution in [-0.4, -0.2) is 72.1 Å². The maximum Gasteiger partial charge on any atom is 0.276 e. The highest BCUT2D eigenvalue weighted by atomic mass is 16.5. The monoisotopic (exact) mass is 709 g/mol. The number of likely N-dealkylation sites (N-methyl/N-ethyl adjacent to an activating group) is 1. The van der Waals surface area contributed by atoms with Gasteiger partial charge >= 0.3 is 0 Å². The van der Waals surface area contributed by atoms with Crippen LogP contribution in [0.2, 0.25) is 0 Å². The molecule has 0 fully saturated rings. The van der Waals surface area contributed by atoms with E-state index in [1.807, 2.05) is 48.1 Å². The van der Waals surface area contributed by atoms with Crippen molar-refractivity contribution in [3.05, 3.63) is 65.1 Å². The number of carbonyl (C=O) groups excluding carboxylic acids is 3. The second kappa shape index (κ2) is 15.4. The molecule has 5 aromatic rings. The Balaban J connectivity index is 1.37. The Morgan fingerprint density at radius 3 is 2.27 bits per heavy atom. The number of primary amides is 1. The molecule has 4 heterocycles. The van der Waals surface area contributed by atoms with Crippen LogP contribution in [0.15, 0.2) is 48.2 Å². The van der Waals surface area contributed by atoms with Gasteiger partial charge in [0.25, 0.3) is 11.8 Å². The number of rotatable bonds is 9. The van der Waals surface area contributed by atoms with Crippen LogP contribution < -0.4 is 31.2 Å². The van der Waals surface area contributed by atoms with Gasteiger partial charge < -0.3 is 35.1 Å². The molecule has 1 aliphatic heterocycles. The first-order valence-electron chi connectivity index (χ1n) is 17.3. The zero-order chi connectivity index (χ0) is 36.9. The molecule has 6 rings (SSSR count). The Bertz CT molecular complexity index is 2210. The van der Waals surface area contributed by atoms with E-state index >= 15 is 0 Å². The predicted molar refractivity (Wildman–Crippen MR) is 197 cm³/mol. The van der Waals surface area contributed by atoms with Gasteiger partial charge in [0.15, 0.2) is 0 Å². The van der Waals surface area contributed by atoms with Crippen molar-refractivity contribution in [2.75, 3.05) is 30.4 Å². The summed E-state index contributed by atoms with van der Waals surface area (Å²) in [6.07, 6.45) is 3.19. The molecule has 1 aliphatic rings. The lowest BCUT2D eigenvalue weighted by Crippen LogP contribution is -2.27. The fourth-order valence-electron chi connectivity index (χ4n) is 6.25. The van der Waals surface area contributed by atoms with Crippen molar-refractivity contribution < 1.29 is 23.9 Å². The van der Waals surface area contributed by atoms with Crippen LogP contribution in [0.3, 0.4) is 0 Å². The number of nitrogens with two attached hydrogens (primary N) is 1. The minimum Gasteiger partial charge on any atom is -0.491 e. The summed E-state index contributed by atoms with van der Waals surface area (Å²) in [6, 6.07) is 10.5. The maximum absolute atomic E-state index is 13.5. The third-order valence-electron chi connectivity index (χ3n) is 8.50. The number of allylic oxidation sites excluding steroid dienone is 1. The summed E-state index contributed by atoms with van der Waals surface area (Å²) in [4.78, 5) is 48.8. The van der Waals surface area contributed by atoms with Crippen molar-refractivity contribution in [1.29, 1.82) is 5.41 Å². The van der Waals surface area contributed by atoms with E-state index in [1.54, 1.807) is 29.8 Å². The molecule has 0 radical (unpaired) electrons. The molecule has 2 aromatic carbocycles. The summed E-state index contributed by atoms with van der Waals surface area (Å²) in [5, 5.41) is 21.2. The summed E-state index contributed by atoms with van der Waals surface area (Å²) in [5.74, 6) is 0.230. The number of amides is 3. The van der Waals surface area contributed by atoms with E-state index in [1.165, 1.54) is 6.08 Å². The number of anilines is 2. The third kappa shape index (κ3) is 7.45. The van der Waals surface area contributed by atoms with E-state index < -0.39 is 11.8 Å². The van der Waals surface area contributed by atoms with Gasteiger partial charge in [-0.25, -0.2) is 9.97 Å². The highest BCUT2D eigenvalue weighted by Gasteiger charge is 2.23. The molecule has 0 unspecified atom stereocenters. The summed E-state index contributed by atoms with van der Waals surface area (Å²) in [7, 11) is 0. The van der Waals surface area contributed by atoms with Crippen LogP contribution in [0, 0.1) is 12.3 Å². The van der Waals surface area contributed by atoms with Gasteiger partial charge in [0.2, 0.25) is 17.8 Å². The first-order chi connectivity index (χ1) is 25.1. The zero-order valence-corrected chi connectivity index (χ0v) is 29.7. The van der Waals surface area contributed by atoms with Crippen molar-refractivity contribution in [2.45, 2.75) is 66.6 Å². The van der Waals surface area contributed by atoms with Crippen molar-refractivity contribution in [3.8, 4) is 11.5 Å². The minimum absolute atomic E-state index is 0.208. The molecule has 16 heteroatoms. The molecule has 0 aliphatic carbocycles. The van der Waals surface area contributed by atoms with Crippen molar-refractivity contribution in [2.24, 2.45) is 5.73 Å². The average molecular weight is 710 g/mol. The van der Waals surface area contributed by atoms with E-state index in [0.29, 0.717) is 91.7 Å². The molecule has 3 amide bonds. The standard InChI is InChI=1S/C36H43N11O5/c1-5-39-26(17-21(3)37)33(49)42-36-41-25-19-23(32(38)48)20-29-31(25)46(36)14-8-7-13-45-30-24(11-9-12-28(30)51-15-10-16-52-29)40-35(45)43-34(50)27-18-22(4)44-47(27)6-2/h9,11-12,17-20,37,39H,5-8,10,13-16H2,1-4H3,(H2,38,48)(H,40,43,50)(H,41,42,49)/b26-17-,37-21?. The van der Waals surface area contributed by atoms with E-state index in [0.717, 1.165) is 11.2 Å². The molecular formula is C36H43N11O5. The van der Waals surface area contributed by atoms with Gasteiger partial charge in [-0.15, -0.1) is 0 Å². The fourth-order valence-corrected chi connectivity index (χ4v) is 6.25. The summed E-state index contributed by atoms with van der Waals surface area (Å²) < 4.78 is 18.0. The van der Waals surface area contributed by atoms with Crippen molar-refractivity contribution in [3.63, 3.8) is 0 Å². The van der Waals surface area contributed by atoms with Crippen LogP contribution >= 0.6 is 0 Å². The molecule has 3 aromatic heterocycles. The van der Waals surface area contributed by atoms with E-state index in [9.17, 15) is 14.4 Å². The first kappa shape index (κ1) is 35.6. The number of hydrogen-bond acceptors (Lipinski definition) is 10. The Labute approximate surface area is 299 Å². The second-order valence-corrected chi connectivity index (χ2v) is 12.4. The minimum atomic E-state index is -0.638. The van der Waals surface area contributed by atoms with E-state index in [-0.39, 0.29) is 35.4 Å². The molecule has 6 N–H and O–H groups in total. The van der Waals surface area contributed by atoms with Gasteiger partial charge in [-0.3, -0.25) is 29.7 Å². The highest BCUT2D eigenvalue weighted by molar-refractivity contribution is 6.08. The lowest BCUT2D eigenvalue weighted by molar-refractivity contribution is -0.113. The Morgan fingerprint density at radius 2 is 1.60 bits per heavy atom. The largest absolute Gasteiger partial charge is 0.491 e. The molecule has 0 atom stereocenters. The van der Waals surface area contributed by atoms with Gasteiger partial charge in [-0.2, -0.15) is 5.10 Å². The van der Waals surface area contributed by atoms with E-state index in [2.05, 4.69) is 21.0 Å². The molecule has 0 spiro atoms. The molecule has 0 bridgehead atoms. The number of carbonyl (C=O) groups is 3. The second-order valence-electron chi connectivity index (χ2n) is 12.4. The van der Waals surface area contributed by atoms with Gasteiger partial charge in [-0.1, -0.05) is 6.07 Å². The Morgan fingerprint density at radius 1 is 0.923 bits per heavy atom. The number of aryl methyl sites for hydroxylation is 4. The van der Waals surface area contributed by atoms with Gasteiger partial charge in [0.05, 0.1) is 29.9 Å². The van der Waals surface area contributed by atoms with Crippen molar-refractivity contribution in [1.82, 2.24) is 34.2 Å². The smallest absolute Gasteiger partial charge is 0.276 e. The van der Waals surface area contributed by atoms with Gasteiger partial charge in [-0.05, 0) is 76.9 Å². The number of imidazole rings is 2. The van der Waals surface area contributed by atoms with E-state index in [4.69, 9.17) is 30.6 Å². The molecule has 272 valence electrons. The number of aromatic nitrogens is 6. The first-order valence-corrected chi connectivity index (χ1v) is 17.3. The molecule has 16 nitrogen and oxygen atoms in total. The van der Waals surface area contributed by atoms with Crippen LogP contribution in [0.4, 0.5) is 11.9 Å². The van der Waals surface area contributed by atoms with Gasteiger partial charge in [0, 0.05) is 43.9 Å². The summed E-state index contributed by atoms with van der Waals surface area (Å²) in [5.41, 5.74) is 9.96. The fraction of sp³-hybridized carbons (Fsp3) is 0.361. The lowest BCUT2D eigenvalue weighted by Gasteiger charge is -2.15. The molecular weight excluding hydrogens is 666 g/mol. The normalized spacial score (nSPS) is 13.8. The van der Waals surface area contributed by atoms with Crippen LogP contribution in [-0.2, 0) is 24.4 Å². The SMILES string of the molecule is CCN/C(=C\C(C)=N)C(=O)Nc1nc2cc(C(N)=O)cc3c2n1CCCCn1c(NC(=O)c2cc(C)nn2CC)nc2cccc(c21)OCCCO3. The van der Waals surface area contributed by atoms with Crippen LogP contribution in [0.25, 0.3) is 22.1 Å². The Kier molecular flexibility index (Phi) is 10.5. The lowest BCUT2D eigenvalue weighted by atomic mass is 10.1. The third-order valence-corrected chi connectivity index (χ3v) is 8.50. The topological polar surface area (TPSA) is 209 Å². The number of nitrogens with one attached hydrogen (secondary N) is 4. The predicted octanol–water partition coefficient (Wildman–Crippen LogP) is 4.38. The average Bonchev–Trinajstić information content (AvgIpc) is 3.77. The summed E-state index contributed by atoms with van der Waals surface area (Å²) in [6.45, 7) is 9.69. The highest BCUT2D eigenvalue weighted by Crippen LogP contribution is 2.33. The molecule has 0 saturated carbocycles. The number of benzene rings is 2. The number of nitrogens with zero attached hydrogens (tertiary/aromatic N) is 6. The molecule has 52 heavy (non-hydrogen) atoms. The maximum atomic E-state index is 13.5.